The molecule has 0 saturated carbocycles. The number of aromatic nitrogens is 1. The second-order valence-electron chi connectivity index (χ2n) is 6.53. The Bertz CT molecular complexity index is 573. The first-order chi connectivity index (χ1) is 11.7. The van der Waals surface area contributed by atoms with Gasteiger partial charge in [0.1, 0.15) is 11.4 Å². The van der Waals surface area contributed by atoms with Crippen molar-refractivity contribution in [2.45, 2.75) is 38.1 Å². The van der Waals surface area contributed by atoms with Crippen molar-refractivity contribution in [1.82, 2.24) is 9.88 Å². The number of likely N-dealkylation sites (tertiary alicyclic amines) is 1. The van der Waals surface area contributed by atoms with E-state index in [0.717, 1.165) is 18.9 Å². The van der Waals surface area contributed by atoms with E-state index in [-0.39, 0.29) is 0 Å². The smallest absolute Gasteiger partial charge is 0.343 e. The van der Waals surface area contributed by atoms with E-state index in [1.807, 2.05) is 6.07 Å². The summed E-state index contributed by atoms with van der Waals surface area (Å²) < 4.78 is 10.1. The van der Waals surface area contributed by atoms with Crippen molar-refractivity contribution < 1.29 is 14.3 Å². The number of methoxy groups -OCH3 is 2. The van der Waals surface area contributed by atoms with Gasteiger partial charge in [0, 0.05) is 19.1 Å². The molecule has 0 aromatic carbocycles. The van der Waals surface area contributed by atoms with Gasteiger partial charge in [0.05, 0.1) is 14.2 Å². The SMILES string of the molecule is COC(=O)c1ccc(N2CCCC(N3CCCC3)CC2)nc1OC. The molecule has 0 radical (unpaired) electrons. The molecule has 0 spiro atoms. The molecule has 24 heavy (non-hydrogen) atoms. The predicted octanol–water partition coefficient (Wildman–Crippen LogP) is 2.33. The van der Waals surface area contributed by atoms with Crippen LogP contribution >= 0.6 is 0 Å². The first-order valence-electron chi connectivity index (χ1n) is 8.85. The number of hydrogen-bond donors (Lipinski definition) is 0. The van der Waals surface area contributed by atoms with E-state index in [1.54, 1.807) is 6.07 Å². The van der Waals surface area contributed by atoms with Crippen molar-refractivity contribution >= 4 is 11.8 Å². The zero-order chi connectivity index (χ0) is 16.9. The van der Waals surface area contributed by atoms with Gasteiger partial charge in [-0.2, -0.15) is 4.98 Å². The van der Waals surface area contributed by atoms with Gasteiger partial charge in [0.15, 0.2) is 0 Å². The third-order valence-electron chi connectivity index (χ3n) is 5.12. The lowest BCUT2D eigenvalue weighted by molar-refractivity contribution is 0.0596. The Morgan fingerprint density at radius 2 is 1.88 bits per heavy atom. The Balaban J connectivity index is 1.70. The lowest BCUT2D eigenvalue weighted by atomic mass is 10.1. The van der Waals surface area contributed by atoms with E-state index < -0.39 is 5.97 Å². The second-order valence-corrected chi connectivity index (χ2v) is 6.53. The number of carbonyl (C=O) groups excluding carboxylic acids is 1. The van der Waals surface area contributed by atoms with Gasteiger partial charge in [-0.05, 0) is 57.3 Å². The van der Waals surface area contributed by atoms with Gasteiger partial charge in [0.2, 0.25) is 5.88 Å². The van der Waals surface area contributed by atoms with Crippen LogP contribution in [0.15, 0.2) is 12.1 Å². The van der Waals surface area contributed by atoms with Crippen LogP contribution in [0.5, 0.6) is 5.88 Å². The summed E-state index contributed by atoms with van der Waals surface area (Å²) in [6, 6.07) is 4.34. The summed E-state index contributed by atoms with van der Waals surface area (Å²) in [5.74, 6) is 0.789. The lowest BCUT2D eigenvalue weighted by Crippen LogP contribution is -2.34. The molecule has 2 aliphatic heterocycles. The summed E-state index contributed by atoms with van der Waals surface area (Å²) in [4.78, 5) is 21.3. The molecule has 3 rings (SSSR count). The molecule has 1 aromatic heterocycles. The fourth-order valence-corrected chi connectivity index (χ4v) is 3.81. The molecular weight excluding hydrogens is 306 g/mol. The molecule has 2 saturated heterocycles. The maximum atomic E-state index is 11.8. The number of pyridine rings is 1. The average molecular weight is 333 g/mol. The predicted molar refractivity (Wildman–Crippen MR) is 92.8 cm³/mol. The standard InChI is InChI=1S/C18H27N3O3/c1-23-17-15(18(22)24-2)7-8-16(19-17)21-12-5-6-14(9-13-21)20-10-3-4-11-20/h7-8,14H,3-6,9-13H2,1-2H3. The van der Waals surface area contributed by atoms with Gasteiger partial charge in [-0.25, -0.2) is 4.79 Å². The zero-order valence-corrected chi connectivity index (χ0v) is 14.7. The molecule has 0 amide bonds. The quantitative estimate of drug-likeness (QED) is 0.788. The largest absolute Gasteiger partial charge is 0.480 e. The summed E-state index contributed by atoms with van der Waals surface area (Å²) in [5, 5.41) is 0. The molecule has 1 atom stereocenters. The Labute approximate surface area is 143 Å². The fraction of sp³-hybridized carbons (Fsp3) is 0.667. The van der Waals surface area contributed by atoms with E-state index in [4.69, 9.17) is 9.47 Å². The molecular formula is C18H27N3O3. The number of hydrogen-bond acceptors (Lipinski definition) is 6. The number of carbonyl (C=O) groups is 1. The number of anilines is 1. The normalized spacial score (nSPS) is 22.2. The van der Waals surface area contributed by atoms with Crippen LogP contribution in [0.25, 0.3) is 0 Å². The topological polar surface area (TPSA) is 54.9 Å². The molecule has 1 unspecified atom stereocenters. The molecule has 2 aliphatic rings. The van der Waals surface area contributed by atoms with Crippen molar-refractivity contribution in [3.63, 3.8) is 0 Å². The summed E-state index contributed by atoms with van der Waals surface area (Å²) in [6.45, 7) is 4.50. The minimum atomic E-state index is -0.420. The number of ether oxygens (including phenoxy) is 2. The van der Waals surface area contributed by atoms with Crippen LogP contribution in [0, 0.1) is 0 Å². The monoisotopic (exact) mass is 333 g/mol. The van der Waals surface area contributed by atoms with E-state index in [2.05, 4.69) is 14.8 Å². The molecule has 6 heteroatoms. The average Bonchev–Trinajstić information content (AvgIpc) is 3.05. The third-order valence-corrected chi connectivity index (χ3v) is 5.12. The van der Waals surface area contributed by atoms with E-state index in [9.17, 15) is 4.79 Å². The first-order valence-corrected chi connectivity index (χ1v) is 8.85. The van der Waals surface area contributed by atoms with Gasteiger partial charge in [0.25, 0.3) is 0 Å². The summed E-state index contributed by atoms with van der Waals surface area (Å²) >= 11 is 0. The summed E-state index contributed by atoms with van der Waals surface area (Å²) in [7, 11) is 2.90. The maximum Gasteiger partial charge on any atom is 0.343 e. The Morgan fingerprint density at radius 1 is 1.08 bits per heavy atom. The van der Waals surface area contributed by atoms with E-state index in [1.165, 1.54) is 59.4 Å². The van der Waals surface area contributed by atoms with Crippen LogP contribution in [0.2, 0.25) is 0 Å². The van der Waals surface area contributed by atoms with Crippen LogP contribution in [-0.4, -0.2) is 62.3 Å². The molecule has 6 nitrogen and oxygen atoms in total. The highest BCUT2D eigenvalue weighted by molar-refractivity contribution is 5.92. The molecule has 0 aliphatic carbocycles. The molecule has 3 heterocycles. The third kappa shape index (κ3) is 3.64. The Hall–Kier alpha value is -1.82. The van der Waals surface area contributed by atoms with Crippen LogP contribution in [-0.2, 0) is 4.74 Å². The summed E-state index contributed by atoms with van der Waals surface area (Å²) in [6.07, 6.45) is 6.28. The lowest BCUT2D eigenvalue weighted by Gasteiger charge is -2.26. The first kappa shape index (κ1) is 17.0. The van der Waals surface area contributed by atoms with Crippen molar-refractivity contribution in [2.24, 2.45) is 0 Å². The van der Waals surface area contributed by atoms with Crippen molar-refractivity contribution in [2.75, 3.05) is 45.3 Å². The minimum Gasteiger partial charge on any atom is -0.480 e. The van der Waals surface area contributed by atoms with Crippen LogP contribution < -0.4 is 9.64 Å². The number of esters is 1. The van der Waals surface area contributed by atoms with Gasteiger partial charge in [-0.3, -0.25) is 0 Å². The number of rotatable bonds is 4. The fourth-order valence-electron chi connectivity index (χ4n) is 3.81. The molecule has 132 valence electrons. The summed E-state index contributed by atoms with van der Waals surface area (Å²) in [5.41, 5.74) is 0.369. The van der Waals surface area contributed by atoms with Gasteiger partial charge in [-0.1, -0.05) is 0 Å². The van der Waals surface area contributed by atoms with Crippen LogP contribution in [0.1, 0.15) is 42.5 Å². The highest BCUT2D eigenvalue weighted by Gasteiger charge is 2.25. The Kier molecular flexibility index (Phi) is 5.56. The highest BCUT2D eigenvalue weighted by atomic mass is 16.5. The number of nitrogens with zero attached hydrogens (tertiary/aromatic N) is 3. The molecule has 0 bridgehead atoms. The van der Waals surface area contributed by atoms with Gasteiger partial charge < -0.3 is 19.3 Å². The highest BCUT2D eigenvalue weighted by Crippen LogP contribution is 2.26. The van der Waals surface area contributed by atoms with Gasteiger partial charge >= 0.3 is 5.97 Å². The van der Waals surface area contributed by atoms with Crippen molar-refractivity contribution in [3.05, 3.63) is 17.7 Å². The minimum absolute atomic E-state index is 0.333. The van der Waals surface area contributed by atoms with E-state index in [0.29, 0.717) is 17.5 Å². The van der Waals surface area contributed by atoms with Crippen LogP contribution in [0.4, 0.5) is 5.82 Å². The van der Waals surface area contributed by atoms with Gasteiger partial charge in [-0.15, -0.1) is 0 Å². The van der Waals surface area contributed by atoms with E-state index >= 15 is 0 Å². The zero-order valence-electron chi connectivity index (χ0n) is 14.7. The maximum absolute atomic E-state index is 11.8. The molecule has 1 aromatic rings. The second kappa shape index (κ2) is 7.83. The van der Waals surface area contributed by atoms with Crippen molar-refractivity contribution in [1.29, 1.82) is 0 Å². The molecule has 0 N–H and O–H groups in total. The Morgan fingerprint density at radius 3 is 2.58 bits per heavy atom. The van der Waals surface area contributed by atoms with Crippen LogP contribution in [0.3, 0.4) is 0 Å². The van der Waals surface area contributed by atoms with Crippen molar-refractivity contribution in [3.8, 4) is 5.88 Å². The molecule has 2 fully saturated rings.